The van der Waals surface area contributed by atoms with Gasteiger partial charge in [0.15, 0.2) is 5.12 Å². The second-order valence-corrected chi connectivity index (χ2v) is 5.25. The van der Waals surface area contributed by atoms with Crippen LogP contribution in [0.25, 0.3) is 0 Å². The first-order valence-corrected chi connectivity index (χ1v) is 8.37. The van der Waals surface area contributed by atoms with Crippen molar-refractivity contribution in [3.05, 3.63) is 0 Å². The number of nitrogens with zero attached hydrogens (tertiary/aromatic N) is 1. The molecule has 0 fully saturated rings. The second-order valence-electron chi connectivity index (χ2n) is 2.52. The van der Waals surface area contributed by atoms with Crippen molar-refractivity contribution in [1.82, 2.24) is 9.76 Å². The lowest BCUT2D eigenvalue weighted by Gasteiger charge is -2.13. The molecule has 0 heterocycles. The van der Waals surface area contributed by atoms with Crippen molar-refractivity contribution in [3.63, 3.8) is 0 Å². The van der Waals surface area contributed by atoms with Crippen molar-refractivity contribution in [1.29, 1.82) is 0 Å². The molecule has 0 aromatic carbocycles. The van der Waals surface area contributed by atoms with Crippen LogP contribution < -0.4 is 5.09 Å². The molecule has 2 unspecified atom stereocenters. The minimum absolute atomic E-state index is 0.0363. The molecule has 9 heteroatoms. The number of halogens is 1. The van der Waals surface area contributed by atoms with E-state index in [1.165, 1.54) is 0 Å². The molecule has 0 saturated heterocycles. The highest BCUT2D eigenvalue weighted by atomic mass is 127. The van der Waals surface area contributed by atoms with Gasteiger partial charge in [-0.2, -0.15) is 0 Å². The standard InChI is InChI=1S/C6H11IN2O3P2S/c7-15-5(11)3-1-2-4(10)9(14)6(12)8-13/h1-3,13-14H2,(H,8,12). The first-order valence-electron chi connectivity index (χ1n) is 3.92. The van der Waals surface area contributed by atoms with Crippen molar-refractivity contribution in [3.8, 4) is 0 Å². The Morgan fingerprint density at radius 1 is 1.33 bits per heavy atom. The van der Waals surface area contributed by atoms with Crippen LogP contribution in [-0.2, 0) is 9.59 Å². The SMILES string of the molecule is O=C(CCCC(=O)N(P)C(=O)NP)SI. The molecule has 2 atom stereocenters. The Bertz CT molecular complexity index is 267. The maximum atomic E-state index is 11.3. The monoisotopic (exact) mass is 380 g/mol. The van der Waals surface area contributed by atoms with Crippen LogP contribution in [0, 0.1) is 0 Å². The summed E-state index contributed by atoms with van der Waals surface area (Å²) in [6.45, 7) is 0. The molecule has 5 nitrogen and oxygen atoms in total. The average Bonchev–Trinajstić information content (AvgIpc) is 2.26. The number of amides is 3. The van der Waals surface area contributed by atoms with E-state index in [9.17, 15) is 14.4 Å². The summed E-state index contributed by atoms with van der Waals surface area (Å²) in [5, 5.41) is 2.28. The van der Waals surface area contributed by atoms with Crippen molar-refractivity contribution in [2.45, 2.75) is 19.3 Å². The van der Waals surface area contributed by atoms with Gasteiger partial charge in [-0.3, -0.25) is 9.59 Å². The van der Waals surface area contributed by atoms with E-state index in [0.717, 1.165) is 13.6 Å². The number of nitrogens with one attached hydrogen (secondary N) is 1. The van der Waals surface area contributed by atoms with E-state index in [4.69, 9.17) is 0 Å². The Morgan fingerprint density at radius 2 is 1.93 bits per heavy atom. The lowest BCUT2D eigenvalue weighted by Crippen LogP contribution is -2.32. The third kappa shape index (κ3) is 6.66. The highest BCUT2D eigenvalue weighted by Gasteiger charge is 2.15. The van der Waals surface area contributed by atoms with Gasteiger partial charge >= 0.3 is 6.03 Å². The summed E-state index contributed by atoms with van der Waals surface area (Å²) >= 11 is 1.90. The van der Waals surface area contributed by atoms with E-state index in [0.29, 0.717) is 12.8 Å². The van der Waals surface area contributed by atoms with Gasteiger partial charge in [-0.1, -0.05) is 0 Å². The zero-order valence-electron chi connectivity index (χ0n) is 7.73. The zero-order valence-corrected chi connectivity index (χ0v) is 13.0. The molecule has 0 rings (SSSR count). The Morgan fingerprint density at radius 3 is 2.40 bits per heavy atom. The number of hydrogen-bond donors (Lipinski definition) is 1. The largest absolute Gasteiger partial charge is 0.329 e. The Balaban J connectivity index is 3.84. The molecule has 0 aliphatic rings. The molecule has 0 aliphatic heterocycles. The molecular formula is C6H11IN2O3P2S. The molecule has 15 heavy (non-hydrogen) atoms. The molecule has 0 saturated carbocycles. The fourth-order valence-corrected chi connectivity index (χ4v) is 2.10. The molecule has 0 bridgehead atoms. The fourth-order valence-electron chi connectivity index (χ4n) is 0.726. The van der Waals surface area contributed by atoms with Gasteiger partial charge in [0, 0.05) is 34.0 Å². The highest BCUT2D eigenvalue weighted by molar-refractivity contribution is 14.2. The van der Waals surface area contributed by atoms with E-state index < -0.39 is 6.03 Å². The van der Waals surface area contributed by atoms with Crippen LogP contribution in [0.2, 0.25) is 0 Å². The third-order valence-corrected chi connectivity index (χ3v) is 4.09. The van der Waals surface area contributed by atoms with Crippen molar-refractivity contribution >= 4 is 66.0 Å². The maximum absolute atomic E-state index is 11.3. The Labute approximate surface area is 109 Å². The quantitative estimate of drug-likeness (QED) is 0.598. The van der Waals surface area contributed by atoms with Gasteiger partial charge in [0.1, 0.15) is 0 Å². The van der Waals surface area contributed by atoms with Gasteiger partial charge in [0.25, 0.3) is 0 Å². The lowest BCUT2D eigenvalue weighted by atomic mass is 10.2. The van der Waals surface area contributed by atoms with Gasteiger partial charge in [0.05, 0.1) is 0 Å². The molecule has 86 valence electrons. The number of rotatable bonds is 4. The lowest BCUT2D eigenvalue weighted by molar-refractivity contribution is -0.124. The van der Waals surface area contributed by atoms with Crippen LogP contribution in [0.5, 0.6) is 0 Å². The molecule has 1 N–H and O–H groups in total. The topological polar surface area (TPSA) is 66.5 Å². The first-order chi connectivity index (χ1) is 7.02. The van der Waals surface area contributed by atoms with Gasteiger partial charge < -0.3 is 5.09 Å². The molecule has 0 aromatic heterocycles. The summed E-state index contributed by atoms with van der Waals surface area (Å²) in [7, 11) is 5.16. The molecular weight excluding hydrogens is 369 g/mol. The third-order valence-electron chi connectivity index (χ3n) is 1.47. The predicted octanol–water partition coefficient (Wildman–Crippen LogP) is 1.88. The van der Waals surface area contributed by atoms with Crippen molar-refractivity contribution in [2.24, 2.45) is 0 Å². The van der Waals surface area contributed by atoms with Crippen LogP contribution in [0.15, 0.2) is 0 Å². The van der Waals surface area contributed by atoms with Crippen LogP contribution in [-0.4, -0.2) is 21.7 Å². The second kappa shape index (κ2) is 8.67. The van der Waals surface area contributed by atoms with E-state index in [1.54, 1.807) is 0 Å². The maximum Gasteiger partial charge on any atom is 0.329 e. The fraction of sp³-hybridized carbons (Fsp3) is 0.500. The van der Waals surface area contributed by atoms with E-state index >= 15 is 0 Å². The molecule has 0 spiro atoms. The summed E-state index contributed by atoms with van der Waals surface area (Å²) < 4.78 is 0.911. The van der Waals surface area contributed by atoms with Crippen LogP contribution in [0.1, 0.15) is 19.3 Å². The Kier molecular flexibility index (Phi) is 8.99. The summed E-state index contributed by atoms with van der Waals surface area (Å²) in [6.07, 6.45) is 0.994. The first kappa shape index (κ1) is 15.6. The average molecular weight is 380 g/mol. The van der Waals surface area contributed by atoms with E-state index in [1.807, 2.05) is 40.0 Å². The summed E-state index contributed by atoms with van der Waals surface area (Å²) in [5.41, 5.74) is 0. The Hall–Kier alpha value is 0.550. The minimum atomic E-state index is -0.510. The molecule has 0 aromatic rings. The highest BCUT2D eigenvalue weighted by Crippen LogP contribution is 2.16. The van der Waals surface area contributed by atoms with Crippen LogP contribution in [0.4, 0.5) is 4.79 Å². The zero-order chi connectivity index (χ0) is 11.8. The molecule has 0 aliphatic carbocycles. The van der Waals surface area contributed by atoms with Crippen LogP contribution in [0.3, 0.4) is 0 Å². The van der Waals surface area contributed by atoms with Gasteiger partial charge in [-0.05, 0) is 34.1 Å². The number of imide groups is 1. The smallest absolute Gasteiger partial charge is 0.322 e. The number of hydrogen-bond acceptors (Lipinski definition) is 4. The summed E-state index contributed by atoms with van der Waals surface area (Å²) in [6, 6.07) is -0.510. The summed E-state index contributed by atoms with van der Waals surface area (Å²) in [4.78, 5) is 33.2. The van der Waals surface area contributed by atoms with Gasteiger partial charge in [0.2, 0.25) is 5.91 Å². The van der Waals surface area contributed by atoms with Crippen molar-refractivity contribution in [2.75, 3.05) is 0 Å². The normalized spacial score (nSPS) is 9.53. The van der Waals surface area contributed by atoms with Crippen LogP contribution >= 0.6 is 48.9 Å². The minimum Gasteiger partial charge on any atom is -0.322 e. The van der Waals surface area contributed by atoms with Gasteiger partial charge in [-0.25, -0.2) is 9.46 Å². The number of carbonyl (C=O) groups excluding carboxylic acids is 3. The molecule has 0 radical (unpaired) electrons. The number of carbonyl (C=O) groups is 3. The predicted molar refractivity (Wildman–Crippen MR) is 75.3 cm³/mol. The molecule has 3 amide bonds. The van der Waals surface area contributed by atoms with E-state index in [2.05, 4.69) is 5.09 Å². The summed E-state index contributed by atoms with van der Waals surface area (Å²) in [5.74, 6) is -0.328. The van der Waals surface area contributed by atoms with E-state index in [-0.39, 0.29) is 17.4 Å². The van der Waals surface area contributed by atoms with Crippen molar-refractivity contribution < 1.29 is 14.4 Å². The number of urea groups is 1. The van der Waals surface area contributed by atoms with Gasteiger partial charge in [-0.15, -0.1) is 0 Å².